The monoisotopic (exact) mass is 500 g/mol. The van der Waals surface area contributed by atoms with Crippen LogP contribution in [0.2, 0.25) is 0 Å². The SMILES string of the molecule is CC(C)Oc1ccc(-c2ccc(Oc3ccc(S(=O)(=O)c4ccc(C(C)(C)C)cc4)cc3)cc2)cc1. The molecule has 36 heavy (non-hydrogen) atoms. The third-order valence-electron chi connectivity index (χ3n) is 5.81. The summed E-state index contributed by atoms with van der Waals surface area (Å²) in [5.41, 5.74) is 3.21. The van der Waals surface area contributed by atoms with Crippen molar-refractivity contribution in [2.75, 3.05) is 0 Å². The molecule has 0 bridgehead atoms. The number of hydrogen-bond acceptors (Lipinski definition) is 4. The molecule has 0 N–H and O–H groups in total. The molecular weight excluding hydrogens is 468 g/mol. The summed E-state index contributed by atoms with van der Waals surface area (Å²) >= 11 is 0. The van der Waals surface area contributed by atoms with Crippen LogP contribution in [0.3, 0.4) is 0 Å². The standard InChI is InChI=1S/C31H32O4S/c1-22(2)34-26-12-6-23(7-13-26)24-8-14-27(15-9-24)35-28-16-20-30(21-17-28)36(32,33)29-18-10-25(11-19-29)31(3,4)5/h6-22H,1-5H3. The first-order chi connectivity index (χ1) is 17.0. The van der Waals surface area contributed by atoms with Crippen LogP contribution in [0.1, 0.15) is 40.2 Å². The number of benzene rings is 4. The van der Waals surface area contributed by atoms with Crippen molar-refractivity contribution in [3.05, 3.63) is 103 Å². The van der Waals surface area contributed by atoms with Gasteiger partial charge in [0.1, 0.15) is 17.2 Å². The lowest BCUT2D eigenvalue weighted by molar-refractivity contribution is 0.242. The zero-order chi connectivity index (χ0) is 25.9. The summed E-state index contributed by atoms with van der Waals surface area (Å²) in [5, 5.41) is 0. The average molecular weight is 501 g/mol. The van der Waals surface area contributed by atoms with E-state index < -0.39 is 9.84 Å². The molecule has 0 aliphatic carbocycles. The minimum Gasteiger partial charge on any atom is -0.491 e. The first-order valence-corrected chi connectivity index (χ1v) is 13.5. The molecule has 4 nitrogen and oxygen atoms in total. The highest BCUT2D eigenvalue weighted by Gasteiger charge is 2.20. The van der Waals surface area contributed by atoms with Crippen molar-refractivity contribution >= 4 is 9.84 Å². The molecule has 0 amide bonds. The lowest BCUT2D eigenvalue weighted by Crippen LogP contribution is -2.11. The Morgan fingerprint density at radius 2 is 0.972 bits per heavy atom. The van der Waals surface area contributed by atoms with E-state index in [-0.39, 0.29) is 21.3 Å². The second-order valence-electron chi connectivity index (χ2n) is 10.1. The van der Waals surface area contributed by atoms with Gasteiger partial charge in [-0.3, -0.25) is 0 Å². The largest absolute Gasteiger partial charge is 0.491 e. The molecule has 0 saturated carbocycles. The number of hydrogen-bond donors (Lipinski definition) is 0. The second kappa shape index (κ2) is 10.2. The van der Waals surface area contributed by atoms with E-state index in [1.165, 1.54) is 0 Å². The zero-order valence-electron chi connectivity index (χ0n) is 21.4. The Hall–Kier alpha value is -3.57. The summed E-state index contributed by atoms with van der Waals surface area (Å²) in [6.07, 6.45) is 0.140. The van der Waals surface area contributed by atoms with Gasteiger partial charge in [-0.05, 0) is 96.6 Å². The van der Waals surface area contributed by atoms with Gasteiger partial charge in [-0.25, -0.2) is 8.42 Å². The van der Waals surface area contributed by atoms with Crippen molar-refractivity contribution < 1.29 is 17.9 Å². The smallest absolute Gasteiger partial charge is 0.206 e. The third kappa shape index (κ3) is 5.97. The first-order valence-electron chi connectivity index (χ1n) is 12.0. The van der Waals surface area contributed by atoms with Crippen LogP contribution < -0.4 is 9.47 Å². The predicted molar refractivity (Wildman–Crippen MR) is 145 cm³/mol. The molecule has 0 fully saturated rings. The van der Waals surface area contributed by atoms with Crippen molar-refractivity contribution in [3.8, 4) is 28.4 Å². The summed E-state index contributed by atoms with van der Waals surface area (Å²) in [6.45, 7) is 10.3. The summed E-state index contributed by atoms with van der Waals surface area (Å²) < 4.78 is 37.8. The highest BCUT2D eigenvalue weighted by molar-refractivity contribution is 7.91. The van der Waals surface area contributed by atoms with Gasteiger partial charge in [-0.15, -0.1) is 0 Å². The minimum absolute atomic E-state index is 0.0352. The fraction of sp³-hybridized carbons (Fsp3) is 0.226. The van der Waals surface area contributed by atoms with Gasteiger partial charge in [0.25, 0.3) is 0 Å². The molecule has 0 aliphatic heterocycles. The molecule has 0 heterocycles. The zero-order valence-corrected chi connectivity index (χ0v) is 22.2. The van der Waals surface area contributed by atoms with Crippen LogP contribution in [0.5, 0.6) is 17.2 Å². The van der Waals surface area contributed by atoms with Crippen LogP contribution in [0.4, 0.5) is 0 Å². The number of sulfone groups is 1. The van der Waals surface area contributed by atoms with E-state index in [9.17, 15) is 8.42 Å². The minimum atomic E-state index is -3.60. The number of rotatable bonds is 7. The van der Waals surface area contributed by atoms with Crippen LogP contribution in [-0.4, -0.2) is 14.5 Å². The van der Waals surface area contributed by atoms with E-state index >= 15 is 0 Å². The first kappa shape index (κ1) is 25.5. The highest BCUT2D eigenvalue weighted by atomic mass is 32.2. The van der Waals surface area contributed by atoms with Crippen LogP contribution in [0.25, 0.3) is 11.1 Å². The molecule has 186 valence electrons. The van der Waals surface area contributed by atoms with Crippen LogP contribution >= 0.6 is 0 Å². The van der Waals surface area contributed by atoms with Gasteiger partial charge in [0.05, 0.1) is 15.9 Å². The molecular formula is C31H32O4S. The summed E-state index contributed by atoms with van der Waals surface area (Å²) in [4.78, 5) is 0.516. The normalized spacial score (nSPS) is 11.9. The van der Waals surface area contributed by atoms with E-state index in [0.29, 0.717) is 11.5 Å². The van der Waals surface area contributed by atoms with E-state index in [1.54, 1.807) is 36.4 Å². The van der Waals surface area contributed by atoms with Crippen molar-refractivity contribution in [3.63, 3.8) is 0 Å². The van der Waals surface area contributed by atoms with Crippen molar-refractivity contribution in [1.29, 1.82) is 0 Å². The topological polar surface area (TPSA) is 52.6 Å². The third-order valence-corrected chi connectivity index (χ3v) is 7.60. The van der Waals surface area contributed by atoms with Gasteiger partial charge >= 0.3 is 0 Å². The highest BCUT2D eigenvalue weighted by Crippen LogP contribution is 2.30. The van der Waals surface area contributed by atoms with E-state index in [0.717, 1.165) is 22.4 Å². The molecule has 0 aliphatic rings. The molecule has 0 spiro atoms. The van der Waals surface area contributed by atoms with E-state index in [1.807, 2.05) is 74.5 Å². The van der Waals surface area contributed by atoms with Gasteiger partial charge in [-0.1, -0.05) is 57.2 Å². The van der Waals surface area contributed by atoms with Crippen molar-refractivity contribution in [2.24, 2.45) is 0 Å². The van der Waals surface area contributed by atoms with Gasteiger partial charge in [-0.2, -0.15) is 0 Å². The Morgan fingerprint density at radius 3 is 1.39 bits per heavy atom. The van der Waals surface area contributed by atoms with Crippen LogP contribution in [0.15, 0.2) is 107 Å². The molecule has 0 radical (unpaired) electrons. The number of ether oxygens (including phenoxy) is 2. The van der Waals surface area contributed by atoms with Gasteiger partial charge < -0.3 is 9.47 Å². The average Bonchev–Trinajstić information content (AvgIpc) is 2.85. The lowest BCUT2D eigenvalue weighted by atomic mass is 9.87. The molecule has 4 rings (SSSR count). The molecule has 4 aromatic carbocycles. The molecule has 5 heteroatoms. The maximum Gasteiger partial charge on any atom is 0.206 e. The molecule has 0 atom stereocenters. The molecule has 0 aromatic heterocycles. The quantitative estimate of drug-likeness (QED) is 0.257. The summed E-state index contributed by atoms with van der Waals surface area (Å²) in [6, 6.07) is 29.4. The maximum atomic E-state index is 13.1. The summed E-state index contributed by atoms with van der Waals surface area (Å²) in [7, 11) is -3.60. The van der Waals surface area contributed by atoms with Crippen LogP contribution in [-0.2, 0) is 15.3 Å². The fourth-order valence-corrected chi connectivity index (χ4v) is 5.07. The Labute approximate surface area is 214 Å². The second-order valence-corrected chi connectivity index (χ2v) is 12.0. The van der Waals surface area contributed by atoms with Gasteiger partial charge in [0.2, 0.25) is 9.84 Å². The Kier molecular flexibility index (Phi) is 7.23. The molecule has 0 unspecified atom stereocenters. The molecule has 0 saturated heterocycles. The maximum absolute atomic E-state index is 13.1. The van der Waals surface area contributed by atoms with E-state index in [4.69, 9.17) is 9.47 Å². The Morgan fingerprint density at radius 1 is 0.583 bits per heavy atom. The summed E-state index contributed by atoms with van der Waals surface area (Å²) in [5.74, 6) is 2.09. The van der Waals surface area contributed by atoms with Gasteiger partial charge in [0, 0.05) is 0 Å². The Bertz CT molecular complexity index is 1390. The van der Waals surface area contributed by atoms with Crippen molar-refractivity contribution in [2.45, 2.75) is 55.9 Å². The Balaban J connectivity index is 1.44. The fourth-order valence-electron chi connectivity index (χ4n) is 3.81. The lowest BCUT2D eigenvalue weighted by Gasteiger charge is -2.19. The predicted octanol–water partition coefficient (Wildman–Crippen LogP) is 8.06. The molecule has 4 aromatic rings. The van der Waals surface area contributed by atoms with Gasteiger partial charge in [0.15, 0.2) is 0 Å². The van der Waals surface area contributed by atoms with Crippen molar-refractivity contribution in [1.82, 2.24) is 0 Å². The van der Waals surface area contributed by atoms with Crippen LogP contribution in [0, 0.1) is 0 Å². The van der Waals surface area contributed by atoms with E-state index in [2.05, 4.69) is 20.8 Å².